The smallest absolute Gasteiger partial charge is 0.270 e. The Balaban J connectivity index is 1.97. The summed E-state index contributed by atoms with van der Waals surface area (Å²) in [5, 5.41) is 11.0. The first-order valence-corrected chi connectivity index (χ1v) is 11.9. The van der Waals surface area contributed by atoms with Gasteiger partial charge in [-0.15, -0.1) is 0 Å². The van der Waals surface area contributed by atoms with Crippen LogP contribution in [0.25, 0.3) is 0 Å². The highest BCUT2D eigenvalue weighted by Crippen LogP contribution is 2.27. The number of aryl methyl sites for hydroxylation is 2. The monoisotopic (exact) mass is 461 g/mol. The normalized spacial score (nSPS) is 11.7. The van der Waals surface area contributed by atoms with Crippen molar-refractivity contribution >= 4 is 37.1 Å². The topological polar surface area (TPSA) is 135 Å². The van der Waals surface area contributed by atoms with Crippen LogP contribution in [0.1, 0.15) is 11.1 Å². The number of non-ortho nitro benzene ring substituents is 1. The number of nitro benzene ring substituents is 1. The largest absolute Gasteiger partial charge is 0.280 e. The molecule has 0 saturated heterocycles. The van der Waals surface area contributed by atoms with Gasteiger partial charge in [-0.05, 0) is 49.2 Å². The average molecular weight is 462 g/mol. The summed E-state index contributed by atoms with van der Waals surface area (Å²) < 4.78 is 56.1. The molecule has 0 aromatic heterocycles. The molecule has 0 atom stereocenters. The molecule has 0 radical (unpaired) electrons. The minimum absolute atomic E-state index is 0.00458. The van der Waals surface area contributed by atoms with Crippen LogP contribution in [0, 0.1) is 24.0 Å². The van der Waals surface area contributed by atoms with E-state index in [9.17, 15) is 26.9 Å². The summed E-state index contributed by atoms with van der Waals surface area (Å²) in [5.74, 6) is 0. The van der Waals surface area contributed by atoms with Crippen molar-refractivity contribution in [3.05, 3.63) is 88.0 Å². The number of sulfonamides is 2. The summed E-state index contributed by atoms with van der Waals surface area (Å²) in [6.45, 7) is 3.09. The highest BCUT2D eigenvalue weighted by Gasteiger charge is 2.23. The van der Waals surface area contributed by atoms with Gasteiger partial charge in [0.05, 0.1) is 20.4 Å². The van der Waals surface area contributed by atoms with Gasteiger partial charge in [0, 0.05) is 17.8 Å². The van der Waals surface area contributed by atoms with Crippen molar-refractivity contribution in [2.45, 2.75) is 23.6 Å². The molecule has 162 valence electrons. The van der Waals surface area contributed by atoms with E-state index in [2.05, 4.69) is 9.44 Å². The van der Waals surface area contributed by atoms with Crippen LogP contribution < -0.4 is 9.44 Å². The molecule has 9 nitrogen and oxygen atoms in total. The molecule has 0 heterocycles. The van der Waals surface area contributed by atoms with Gasteiger partial charge in [0.2, 0.25) is 0 Å². The number of rotatable bonds is 7. The van der Waals surface area contributed by atoms with Crippen molar-refractivity contribution in [1.82, 2.24) is 0 Å². The quantitative estimate of drug-likeness (QED) is 0.406. The van der Waals surface area contributed by atoms with E-state index in [1.165, 1.54) is 37.3 Å². The third kappa shape index (κ3) is 5.01. The van der Waals surface area contributed by atoms with E-state index in [1.807, 2.05) is 0 Å². The van der Waals surface area contributed by atoms with E-state index in [-0.39, 0.29) is 21.2 Å². The Bertz CT molecular complexity index is 1350. The SMILES string of the molecule is Cc1ccc(NS(=O)(=O)c2cc([N+](=O)[O-])ccc2C)cc1S(=O)(=O)Nc1ccccc1. The van der Waals surface area contributed by atoms with E-state index in [1.54, 1.807) is 37.3 Å². The molecule has 2 N–H and O–H groups in total. The van der Waals surface area contributed by atoms with Crippen LogP contribution >= 0.6 is 0 Å². The molecule has 3 aromatic carbocycles. The minimum Gasteiger partial charge on any atom is -0.280 e. The van der Waals surface area contributed by atoms with Gasteiger partial charge in [0.15, 0.2) is 0 Å². The predicted molar refractivity (Wildman–Crippen MR) is 117 cm³/mol. The first kappa shape index (κ1) is 22.2. The van der Waals surface area contributed by atoms with Crippen molar-refractivity contribution in [1.29, 1.82) is 0 Å². The summed E-state index contributed by atoms with van der Waals surface area (Å²) >= 11 is 0. The van der Waals surface area contributed by atoms with Gasteiger partial charge in [-0.2, -0.15) is 0 Å². The Labute approximate surface area is 180 Å². The molecule has 0 unspecified atom stereocenters. The summed E-state index contributed by atoms with van der Waals surface area (Å²) in [6.07, 6.45) is 0. The Morgan fingerprint density at radius 3 is 1.81 bits per heavy atom. The van der Waals surface area contributed by atoms with Crippen LogP contribution in [0.3, 0.4) is 0 Å². The highest BCUT2D eigenvalue weighted by atomic mass is 32.2. The van der Waals surface area contributed by atoms with E-state index in [0.717, 1.165) is 6.07 Å². The Morgan fingerprint density at radius 2 is 1.23 bits per heavy atom. The number of hydrogen-bond donors (Lipinski definition) is 2. The lowest BCUT2D eigenvalue weighted by Crippen LogP contribution is -2.17. The van der Waals surface area contributed by atoms with E-state index in [0.29, 0.717) is 16.8 Å². The lowest BCUT2D eigenvalue weighted by Gasteiger charge is -2.14. The zero-order chi connectivity index (χ0) is 22.8. The Kier molecular flexibility index (Phi) is 6.00. The molecule has 0 saturated carbocycles. The number of hydrogen-bond acceptors (Lipinski definition) is 6. The van der Waals surface area contributed by atoms with E-state index < -0.39 is 25.0 Å². The van der Waals surface area contributed by atoms with Gasteiger partial charge in [0.25, 0.3) is 25.7 Å². The molecule has 0 spiro atoms. The van der Waals surface area contributed by atoms with Crippen LogP contribution in [0.15, 0.2) is 76.5 Å². The highest BCUT2D eigenvalue weighted by molar-refractivity contribution is 7.93. The molecule has 31 heavy (non-hydrogen) atoms. The van der Waals surface area contributed by atoms with Crippen LogP contribution in [0.4, 0.5) is 17.1 Å². The van der Waals surface area contributed by atoms with Crippen molar-refractivity contribution in [2.24, 2.45) is 0 Å². The Hall–Kier alpha value is -3.44. The van der Waals surface area contributed by atoms with Crippen LogP contribution in [0.5, 0.6) is 0 Å². The molecule has 0 fully saturated rings. The number of benzene rings is 3. The average Bonchev–Trinajstić information content (AvgIpc) is 2.69. The maximum atomic E-state index is 12.8. The third-order valence-corrected chi connectivity index (χ3v) is 7.47. The zero-order valence-corrected chi connectivity index (χ0v) is 18.2. The summed E-state index contributed by atoms with van der Waals surface area (Å²) in [4.78, 5) is 9.95. The number of anilines is 2. The number of nitrogens with one attached hydrogen (secondary N) is 2. The fourth-order valence-corrected chi connectivity index (χ4v) is 5.52. The summed E-state index contributed by atoms with van der Waals surface area (Å²) in [5.41, 5.74) is 0.719. The number of nitrogens with zero attached hydrogens (tertiary/aromatic N) is 1. The van der Waals surface area contributed by atoms with Crippen molar-refractivity contribution in [3.8, 4) is 0 Å². The first-order valence-electron chi connectivity index (χ1n) is 8.96. The maximum Gasteiger partial charge on any atom is 0.270 e. The molecule has 0 aliphatic carbocycles. The minimum atomic E-state index is -4.20. The lowest BCUT2D eigenvalue weighted by molar-refractivity contribution is -0.385. The van der Waals surface area contributed by atoms with Crippen molar-refractivity contribution in [2.75, 3.05) is 9.44 Å². The van der Waals surface area contributed by atoms with Gasteiger partial charge in [-0.3, -0.25) is 19.6 Å². The van der Waals surface area contributed by atoms with Gasteiger partial charge in [-0.1, -0.05) is 30.3 Å². The molecule has 11 heteroatoms. The number of para-hydroxylation sites is 1. The van der Waals surface area contributed by atoms with Crippen molar-refractivity contribution in [3.63, 3.8) is 0 Å². The standard InChI is InChI=1S/C20H19N3O6S2/c1-14-8-10-17(12-19(14)30(26,27)21-16-6-4-3-5-7-16)22-31(28,29)20-13-18(23(24)25)11-9-15(20)2/h3-13,21-22H,1-2H3. The molecule has 0 aliphatic heterocycles. The second-order valence-electron chi connectivity index (χ2n) is 6.76. The molecule has 0 aliphatic rings. The van der Waals surface area contributed by atoms with Gasteiger partial charge >= 0.3 is 0 Å². The second kappa shape index (κ2) is 8.36. The van der Waals surface area contributed by atoms with Gasteiger partial charge in [-0.25, -0.2) is 16.8 Å². The van der Waals surface area contributed by atoms with Crippen molar-refractivity contribution < 1.29 is 21.8 Å². The summed E-state index contributed by atoms with van der Waals surface area (Å²) in [7, 11) is -8.19. The van der Waals surface area contributed by atoms with E-state index in [4.69, 9.17) is 0 Å². The van der Waals surface area contributed by atoms with E-state index >= 15 is 0 Å². The lowest BCUT2D eigenvalue weighted by atomic mass is 10.2. The fourth-order valence-electron chi connectivity index (χ4n) is 2.87. The van der Waals surface area contributed by atoms with Gasteiger partial charge < -0.3 is 0 Å². The molecule has 3 rings (SSSR count). The second-order valence-corrected chi connectivity index (χ2v) is 10.1. The van der Waals surface area contributed by atoms with Gasteiger partial charge in [0.1, 0.15) is 0 Å². The first-order chi connectivity index (χ1) is 14.5. The molecule has 3 aromatic rings. The van der Waals surface area contributed by atoms with Crippen LogP contribution in [-0.4, -0.2) is 21.8 Å². The third-order valence-electron chi connectivity index (χ3n) is 4.43. The number of nitro groups is 1. The maximum absolute atomic E-state index is 12.8. The van der Waals surface area contributed by atoms with Crippen LogP contribution in [-0.2, 0) is 20.0 Å². The molecular weight excluding hydrogens is 442 g/mol. The molecule has 0 amide bonds. The van der Waals surface area contributed by atoms with Crippen LogP contribution in [0.2, 0.25) is 0 Å². The fraction of sp³-hybridized carbons (Fsp3) is 0.100. The predicted octanol–water partition coefficient (Wildman–Crippen LogP) is 3.81. The molecular formula is C20H19N3O6S2. The summed E-state index contributed by atoms with van der Waals surface area (Å²) in [6, 6.07) is 15.9. The zero-order valence-electron chi connectivity index (χ0n) is 16.6. The Morgan fingerprint density at radius 1 is 0.710 bits per heavy atom. The molecule has 0 bridgehead atoms.